The average molecular weight is 317 g/mol. The van der Waals surface area contributed by atoms with Gasteiger partial charge >= 0.3 is 16.3 Å². The molecule has 1 aromatic carbocycles. The van der Waals surface area contributed by atoms with Crippen LogP contribution in [0.15, 0.2) is 30.3 Å². The Labute approximate surface area is 122 Å². The lowest BCUT2D eigenvalue weighted by Crippen LogP contribution is -2.44. The first kappa shape index (κ1) is 16.2. The standard InChI is InChI=1S/C11H15N3O4S2/c1-18-11(15)13-20(16,17)14(8-7-10(12)19)9-5-3-2-4-6-9/h2-6H,7-8H2,1H3,(H2,12,19)(H,13,15). The number of nitrogens with one attached hydrogen (secondary N) is 1. The summed E-state index contributed by atoms with van der Waals surface area (Å²) in [6.45, 7) is 0.0195. The van der Waals surface area contributed by atoms with Crippen LogP contribution in [-0.2, 0) is 14.9 Å². The molecule has 1 amide bonds. The highest BCUT2D eigenvalue weighted by molar-refractivity contribution is 7.91. The molecule has 0 fully saturated rings. The van der Waals surface area contributed by atoms with E-state index in [1.165, 1.54) is 0 Å². The van der Waals surface area contributed by atoms with Crippen LogP contribution in [0.2, 0.25) is 0 Å². The van der Waals surface area contributed by atoms with Crippen molar-refractivity contribution in [3.05, 3.63) is 30.3 Å². The fourth-order valence-corrected chi connectivity index (χ4v) is 2.62. The number of hydrogen-bond acceptors (Lipinski definition) is 5. The molecular weight excluding hydrogens is 302 g/mol. The first-order valence-corrected chi connectivity index (χ1v) is 7.43. The first-order valence-electron chi connectivity index (χ1n) is 5.58. The zero-order chi connectivity index (χ0) is 15.2. The molecular formula is C11H15N3O4S2. The number of hydrogen-bond donors (Lipinski definition) is 2. The summed E-state index contributed by atoms with van der Waals surface area (Å²) >= 11 is 4.74. The minimum absolute atomic E-state index is 0.0195. The van der Waals surface area contributed by atoms with Gasteiger partial charge in [0.1, 0.15) is 0 Å². The van der Waals surface area contributed by atoms with E-state index in [2.05, 4.69) is 4.74 Å². The van der Waals surface area contributed by atoms with Crippen LogP contribution < -0.4 is 14.8 Å². The lowest BCUT2D eigenvalue weighted by Gasteiger charge is -2.23. The number of amides is 1. The van der Waals surface area contributed by atoms with Gasteiger partial charge in [-0.3, -0.25) is 4.31 Å². The van der Waals surface area contributed by atoms with Gasteiger partial charge in [0.15, 0.2) is 0 Å². The van der Waals surface area contributed by atoms with Gasteiger partial charge in [0.2, 0.25) is 0 Å². The number of nitrogens with zero attached hydrogens (tertiary/aromatic N) is 1. The molecule has 7 nitrogen and oxygen atoms in total. The van der Waals surface area contributed by atoms with Crippen molar-refractivity contribution in [3.63, 3.8) is 0 Å². The quantitative estimate of drug-likeness (QED) is 0.751. The summed E-state index contributed by atoms with van der Waals surface area (Å²) in [5.41, 5.74) is 5.78. The predicted molar refractivity (Wildman–Crippen MR) is 79.7 cm³/mol. The van der Waals surface area contributed by atoms with Crippen molar-refractivity contribution in [1.29, 1.82) is 0 Å². The number of para-hydroxylation sites is 1. The van der Waals surface area contributed by atoms with Gasteiger partial charge in [-0.05, 0) is 12.1 Å². The summed E-state index contributed by atoms with van der Waals surface area (Å²) in [5.74, 6) is 0. The predicted octanol–water partition coefficient (Wildman–Crippen LogP) is 0.770. The number of ether oxygens (including phenoxy) is 1. The lowest BCUT2D eigenvalue weighted by molar-refractivity contribution is 0.177. The van der Waals surface area contributed by atoms with E-state index in [1.54, 1.807) is 35.1 Å². The topological polar surface area (TPSA) is 102 Å². The fourth-order valence-electron chi connectivity index (χ4n) is 1.40. The highest BCUT2D eigenvalue weighted by Crippen LogP contribution is 2.17. The maximum absolute atomic E-state index is 12.1. The highest BCUT2D eigenvalue weighted by Gasteiger charge is 2.24. The molecule has 1 aromatic rings. The third-order valence-electron chi connectivity index (χ3n) is 2.29. The van der Waals surface area contributed by atoms with Crippen LogP contribution in [-0.4, -0.2) is 33.2 Å². The number of rotatable bonds is 6. The highest BCUT2D eigenvalue weighted by atomic mass is 32.2. The van der Waals surface area contributed by atoms with Gasteiger partial charge in [-0.25, -0.2) is 9.52 Å². The fraction of sp³-hybridized carbons (Fsp3) is 0.273. The number of nitrogens with two attached hydrogens (primary N) is 1. The lowest BCUT2D eigenvalue weighted by atomic mass is 10.3. The van der Waals surface area contributed by atoms with Crippen LogP contribution in [0, 0.1) is 0 Å². The number of anilines is 1. The van der Waals surface area contributed by atoms with E-state index in [0.29, 0.717) is 5.69 Å². The largest absolute Gasteiger partial charge is 0.452 e. The van der Waals surface area contributed by atoms with E-state index in [4.69, 9.17) is 18.0 Å². The number of carbonyl (C=O) groups excluding carboxylic acids is 1. The SMILES string of the molecule is COC(=O)NS(=O)(=O)N(CCC(N)=S)c1ccccc1. The Morgan fingerprint density at radius 1 is 1.40 bits per heavy atom. The summed E-state index contributed by atoms with van der Waals surface area (Å²) in [7, 11) is -3.01. The summed E-state index contributed by atoms with van der Waals surface area (Å²) in [6.07, 6.45) is -0.881. The first-order chi connectivity index (χ1) is 9.36. The molecule has 0 aromatic heterocycles. The van der Waals surface area contributed by atoms with Crippen LogP contribution in [0.25, 0.3) is 0 Å². The van der Waals surface area contributed by atoms with Crippen LogP contribution in [0.3, 0.4) is 0 Å². The monoisotopic (exact) mass is 317 g/mol. The Morgan fingerprint density at radius 3 is 2.50 bits per heavy atom. The van der Waals surface area contributed by atoms with Crippen molar-refractivity contribution in [2.75, 3.05) is 18.0 Å². The Hall–Kier alpha value is -1.87. The molecule has 0 heterocycles. The molecule has 0 spiro atoms. The van der Waals surface area contributed by atoms with E-state index in [-0.39, 0.29) is 18.0 Å². The van der Waals surface area contributed by atoms with Gasteiger partial charge in [-0.1, -0.05) is 30.4 Å². The van der Waals surface area contributed by atoms with Gasteiger partial charge in [-0.15, -0.1) is 0 Å². The van der Waals surface area contributed by atoms with E-state index in [1.807, 2.05) is 0 Å². The second-order valence-electron chi connectivity index (χ2n) is 3.72. The Kier molecular flexibility index (Phi) is 5.71. The van der Waals surface area contributed by atoms with E-state index in [0.717, 1.165) is 11.4 Å². The van der Waals surface area contributed by atoms with Crippen molar-refractivity contribution in [3.8, 4) is 0 Å². The van der Waals surface area contributed by atoms with Gasteiger partial charge < -0.3 is 10.5 Å². The van der Waals surface area contributed by atoms with E-state index in [9.17, 15) is 13.2 Å². The van der Waals surface area contributed by atoms with Crippen LogP contribution in [0.1, 0.15) is 6.42 Å². The second kappa shape index (κ2) is 7.06. The van der Waals surface area contributed by atoms with Gasteiger partial charge in [0.05, 0.1) is 17.8 Å². The smallest absolute Gasteiger partial charge is 0.422 e. The molecule has 110 valence electrons. The molecule has 3 N–H and O–H groups in total. The number of carbonyl (C=O) groups is 1. The minimum atomic E-state index is -4.09. The van der Waals surface area contributed by atoms with Crippen LogP contribution >= 0.6 is 12.2 Å². The van der Waals surface area contributed by atoms with Gasteiger partial charge in [0, 0.05) is 13.0 Å². The molecule has 0 unspecified atom stereocenters. The van der Waals surface area contributed by atoms with Crippen molar-refractivity contribution >= 4 is 39.2 Å². The van der Waals surface area contributed by atoms with E-state index < -0.39 is 16.3 Å². The van der Waals surface area contributed by atoms with Gasteiger partial charge in [0.25, 0.3) is 0 Å². The average Bonchev–Trinajstić information content (AvgIpc) is 2.38. The number of methoxy groups -OCH3 is 1. The number of thiocarbonyl (C=S) groups is 1. The Balaban J connectivity index is 3.04. The van der Waals surface area contributed by atoms with Crippen molar-refractivity contribution in [2.24, 2.45) is 5.73 Å². The molecule has 0 radical (unpaired) electrons. The zero-order valence-electron chi connectivity index (χ0n) is 10.8. The summed E-state index contributed by atoms with van der Waals surface area (Å²) in [5, 5.41) is 0. The molecule has 0 saturated carbocycles. The minimum Gasteiger partial charge on any atom is -0.452 e. The molecule has 0 aliphatic carbocycles. The third-order valence-corrected chi connectivity index (χ3v) is 3.90. The number of benzene rings is 1. The second-order valence-corrected chi connectivity index (χ2v) is 5.84. The molecule has 0 aliphatic heterocycles. The van der Waals surface area contributed by atoms with Crippen molar-refractivity contribution in [1.82, 2.24) is 4.72 Å². The molecule has 20 heavy (non-hydrogen) atoms. The Bertz CT molecular complexity index is 575. The summed E-state index contributed by atoms with van der Waals surface area (Å²) in [4.78, 5) is 11.3. The van der Waals surface area contributed by atoms with Crippen molar-refractivity contribution in [2.45, 2.75) is 6.42 Å². The van der Waals surface area contributed by atoms with Crippen molar-refractivity contribution < 1.29 is 17.9 Å². The maximum Gasteiger partial charge on any atom is 0.422 e. The summed E-state index contributed by atoms with van der Waals surface area (Å²) < 4.78 is 31.4. The van der Waals surface area contributed by atoms with Crippen LogP contribution in [0.5, 0.6) is 0 Å². The Morgan fingerprint density at radius 2 is 2.00 bits per heavy atom. The molecule has 0 saturated heterocycles. The molecule has 0 bridgehead atoms. The maximum atomic E-state index is 12.1. The summed E-state index contributed by atoms with van der Waals surface area (Å²) in [6, 6.07) is 8.29. The van der Waals surface area contributed by atoms with Gasteiger partial charge in [-0.2, -0.15) is 8.42 Å². The molecule has 1 rings (SSSR count). The molecule has 9 heteroatoms. The third kappa shape index (κ3) is 4.67. The normalized spacial score (nSPS) is 10.7. The van der Waals surface area contributed by atoms with Crippen LogP contribution in [0.4, 0.5) is 10.5 Å². The van der Waals surface area contributed by atoms with E-state index >= 15 is 0 Å². The molecule has 0 aliphatic rings. The molecule has 0 atom stereocenters. The zero-order valence-corrected chi connectivity index (χ0v) is 12.4.